The molecule has 3 N–H and O–H groups in total. The zero-order chi connectivity index (χ0) is 10.7. The Balaban J connectivity index is 2.81. The fraction of sp³-hybridized carbons (Fsp3) is 0.556. The summed E-state index contributed by atoms with van der Waals surface area (Å²) in [6.45, 7) is 4.31. The van der Waals surface area contributed by atoms with Crippen LogP contribution in [-0.2, 0) is 4.74 Å². The number of nitrogens with zero attached hydrogens (tertiary/aromatic N) is 1. The molecule has 0 spiro atoms. The minimum atomic E-state index is -0.466. The van der Waals surface area contributed by atoms with Crippen molar-refractivity contribution >= 4 is 11.9 Å². The highest BCUT2D eigenvalue weighted by Gasteiger charge is 2.36. The second-order valence-corrected chi connectivity index (χ2v) is 3.50. The molecule has 1 aliphatic rings. The number of cyclic esters (lactones) is 1. The average molecular weight is 197 g/mol. The lowest BCUT2D eigenvalue weighted by molar-refractivity contribution is 0.168. The van der Waals surface area contributed by atoms with Gasteiger partial charge < -0.3 is 10.5 Å². The molecule has 1 rings (SSSR count). The average Bonchev–Trinajstić information content (AvgIpc) is 2.47. The van der Waals surface area contributed by atoms with Gasteiger partial charge in [0, 0.05) is 0 Å². The van der Waals surface area contributed by atoms with E-state index in [0.29, 0.717) is 6.61 Å². The van der Waals surface area contributed by atoms with Crippen molar-refractivity contribution in [2.45, 2.75) is 19.9 Å². The van der Waals surface area contributed by atoms with Gasteiger partial charge in [0.1, 0.15) is 12.4 Å². The molecule has 14 heavy (non-hydrogen) atoms. The Morgan fingerprint density at radius 3 is 2.93 bits per heavy atom. The largest absolute Gasteiger partial charge is 0.447 e. The zero-order valence-corrected chi connectivity index (χ0v) is 8.36. The van der Waals surface area contributed by atoms with Crippen LogP contribution in [0.5, 0.6) is 0 Å². The molecule has 0 aromatic carbocycles. The molecule has 0 saturated carbocycles. The number of ether oxygens (including phenoxy) is 1. The van der Waals surface area contributed by atoms with Gasteiger partial charge in [0.25, 0.3) is 0 Å². The van der Waals surface area contributed by atoms with Crippen LogP contribution in [0, 0.1) is 11.3 Å². The van der Waals surface area contributed by atoms with Gasteiger partial charge in [-0.1, -0.05) is 13.8 Å². The summed E-state index contributed by atoms with van der Waals surface area (Å²) in [7, 11) is 0. The van der Waals surface area contributed by atoms with Crippen molar-refractivity contribution in [2.24, 2.45) is 11.7 Å². The molecule has 0 aromatic heterocycles. The predicted octanol–water partition coefficient (Wildman–Crippen LogP) is 0.913. The third kappa shape index (κ3) is 1.86. The Bertz CT molecular complexity index is 273. The lowest BCUT2D eigenvalue weighted by Crippen LogP contribution is -2.40. The molecule has 0 aliphatic carbocycles. The first-order valence-electron chi connectivity index (χ1n) is 4.50. The Morgan fingerprint density at radius 1 is 1.79 bits per heavy atom. The third-order valence-corrected chi connectivity index (χ3v) is 2.19. The van der Waals surface area contributed by atoms with Gasteiger partial charge in [0.05, 0.1) is 6.04 Å². The summed E-state index contributed by atoms with van der Waals surface area (Å²) in [5.74, 6) is 0.335. The number of carbonyl (C=O) groups is 1. The maximum absolute atomic E-state index is 11.3. The summed E-state index contributed by atoms with van der Waals surface area (Å²) in [5.41, 5.74) is 5.16. The van der Waals surface area contributed by atoms with Crippen LogP contribution in [0.1, 0.15) is 13.8 Å². The van der Waals surface area contributed by atoms with Gasteiger partial charge in [-0.05, 0) is 18.2 Å². The normalized spacial score (nSPS) is 22.1. The van der Waals surface area contributed by atoms with Gasteiger partial charge >= 0.3 is 6.09 Å². The van der Waals surface area contributed by atoms with Crippen molar-refractivity contribution in [1.82, 2.24) is 4.90 Å². The van der Waals surface area contributed by atoms with E-state index in [1.165, 1.54) is 17.2 Å². The van der Waals surface area contributed by atoms with Crippen LogP contribution in [-0.4, -0.2) is 29.5 Å². The topological polar surface area (TPSA) is 79.4 Å². The molecule has 0 bridgehead atoms. The van der Waals surface area contributed by atoms with Crippen LogP contribution >= 0.6 is 0 Å². The van der Waals surface area contributed by atoms with Gasteiger partial charge in [-0.25, -0.2) is 4.79 Å². The number of hydrogen-bond donors (Lipinski definition) is 2. The molecule has 0 radical (unpaired) electrons. The van der Waals surface area contributed by atoms with Crippen molar-refractivity contribution in [2.75, 3.05) is 6.61 Å². The van der Waals surface area contributed by atoms with Gasteiger partial charge in [-0.2, -0.15) is 0 Å². The van der Waals surface area contributed by atoms with E-state index in [4.69, 9.17) is 15.9 Å². The number of nitrogens with two attached hydrogens (primary N) is 1. The molecule has 1 saturated heterocycles. The van der Waals surface area contributed by atoms with Crippen LogP contribution in [0.4, 0.5) is 4.79 Å². The number of carbonyl (C=O) groups excluding carboxylic acids is 1. The molecule has 5 nitrogen and oxygen atoms in total. The number of rotatable bonds is 2. The molecule has 78 valence electrons. The molecule has 1 heterocycles. The van der Waals surface area contributed by atoms with Crippen LogP contribution < -0.4 is 5.73 Å². The molecule has 0 unspecified atom stereocenters. The number of nitrogens with one attached hydrogen (secondary N) is 1. The highest BCUT2D eigenvalue weighted by Crippen LogP contribution is 2.19. The Morgan fingerprint density at radius 2 is 2.43 bits per heavy atom. The SMILES string of the molecule is CC(C)[C@H]1COC(=O)N1C(=N)/C=C\N. The molecule has 0 aromatic rings. The molecule has 1 atom stereocenters. The fourth-order valence-corrected chi connectivity index (χ4v) is 1.38. The van der Waals surface area contributed by atoms with Crippen LogP contribution in [0.25, 0.3) is 0 Å². The summed E-state index contributed by atoms with van der Waals surface area (Å²) in [6, 6.07) is -0.0637. The van der Waals surface area contributed by atoms with E-state index in [1.807, 2.05) is 13.8 Å². The lowest BCUT2D eigenvalue weighted by Gasteiger charge is -2.22. The molecular weight excluding hydrogens is 182 g/mol. The number of amidine groups is 1. The standard InChI is InChI=1S/C9H15N3O2/c1-6(2)7-5-14-9(13)12(7)8(11)3-4-10/h3-4,6-7,11H,5,10H2,1-2H3/b4-3-,11-8?/t7-/m1/s1. The van der Waals surface area contributed by atoms with Gasteiger partial charge in [0.2, 0.25) is 0 Å². The number of amides is 1. The van der Waals surface area contributed by atoms with E-state index >= 15 is 0 Å². The summed E-state index contributed by atoms with van der Waals surface area (Å²) in [4.78, 5) is 12.6. The minimum absolute atomic E-state index is 0.0637. The Hall–Kier alpha value is -1.52. The van der Waals surface area contributed by atoms with Crippen molar-refractivity contribution in [3.05, 3.63) is 12.3 Å². The first-order valence-corrected chi connectivity index (χ1v) is 4.50. The van der Waals surface area contributed by atoms with E-state index in [-0.39, 0.29) is 17.8 Å². The highest BCUT2D eigenvalue weighted by atomic mass is 16.6. The van der Waals surface area contributed by atoms with Crippen molar-refractivity contribution in [3.8, 4) is 0 Å². The zero-order valence-electron chi connectivity index (χ0n) is 8.36. The van der Waals surface area contributed by atoms with Gasteiger partial charge in [0.15, 0.2) is 0 Å². The van der Waals surface area contributed by atoms with Crippen LogP contribution in [0.15, 0.2) is 12.3 Å². The van der Waals surface area contributed by atoms with E-state index in [1.54, 1.807) is 0 Å². The maximum atomic E-state index is 11.3. The van der Waals surface area contributed by atoms with Crippen molar-refractivity contribution < 1.29 is 9.53 Å². The summed E-state index contributed by atoms with van der Waals surface area (Å²) in [6.07, 6.45) is 2.15. The molecule has 1 amide bonds. The first-order chi connectivity index (χ1) is 6.57. The van der Waals surface area contributed by atoms with E-state index in [9.17, 15) is 4.79 Å². The van der Waals surface area contributed by atoms with Crippen molar-refractivity contribution in [1.29, 1.82) is 5.41 Å². The highest BCUT2D eigenvalue weighted by molar-refractivity contribution is 6.01. The number of hydrogen-bond acceptors (Lipinski definition) is 4. The first kappa shape index (κ1) is 10.6. The molecule has 5 heteroatoms. The van der Waals surface area contributed by atoms with E-state index in [2.05, 4.69) is 0 Å². The van der Waals surface area contributed by atoms with Gasteiger partial charge in [-0.15, -0.1) is 0 Å². The van der Waals surface area contributed by atoms with Crippen LogP contribution in [0.3, 0.4) is 0 Å². The Labute approximate surface area is 83.0 Å². The fourth-order valence-electron chi connectivity index (χ4n) is 1.38. The minimum Gasteiger partial charge on any atom is -0.447 e. The quantitative estimate of drug-likeness (QED) is 0.510. The van der Waals surface area contributed by atoms with E-state index in [0.717, 1.165) is 0 Å². The monoisotopic (exact) mass is 197 g/mol. The van der Waals surface area contributed by atoms with E-state index < -0.39 is 6.09 Å². The molecule has 1 aliphatic heterocycles. The Kier molecular flexibility index (Phi) is 3.11. The molecular formula is C9H15N3O2. The van der Waals surface area contributed by atoms with Crippen molar-refractivity contribution in [3.63, 3.8) is 0 Å². The summed E-state index contributed by atoms with van der Waals surface area (Å²) >= 11 is 0. The second-order valence-electron chi connectivity index (χ2n) is 3.50. The second kappa shape index (κ2) is 4.13. The van der Waals surface area contributed by atoms with Crippen LogP contribution in [0.2, 0.25) is 0 Å². The predicted molar refractivity (Wildman–Crippen MR) is 52.9 cm³/mol. The summed E-state index contributed by atoms with van der Waals surface area (Å²) in [5, 5.41) is 7.60. The molecule has 1 fully saturated rings. The van der Waals surface area contributed by atoms with Gasteiger partial charge in [-0.3, -0.25) is 10.3 Å². The maximum Gasteiger partial charge on any atom is 0.415 e. The third-order valence-electron chi connectivity index (χ3n) is 2.19. The summed E-state index contributed by atoms with van der Waals surface area (Å²) < 4.78 is 4.88. The smallest absolute Gasteiger partial charge is 0.415 e. The lowest BCUT2D eigenvalue weighted by atomic mass is 10.0.